The summed E-state index contributed by atoms with van der Waals surface area (Å²) in [7, 11) is 1.85. The van der Waals surface area contributed by atoms with Crippen molar-refractivity contribution in [1.29, 1.82) is 0 Å². The highest BCUT2D eigenvalue weighted by Gasteiger charge is 2.11. The maximum atomic E-state index is 4.29. The lowest BCUT2D eigenvalue weighted by Crippen LogP contribution is -2.43. The first kappa shape index (κ1) is 17.0. The summed E-state index contributed by atoms with van der Waals surface area (Å²) in [6, 6.07) is 0.526. The van der Waals surface area contributed by atoms with Crippen LogP contribution in [0.4, 0.5) is 0 Å². The van der Waals surface area contributed by atoms with Crippen LogP contribution >= 0.6 is 0 Å². The molecule has 0 aromatic carbocycles. The van der Waals surface area contributed by atoms with E-state index >= 15 is 0 Å². The Labute approximate surface area is 124 Å². The highest BCUT2D eigenvalue weighted by atomic mass is 15.2. The molecular formula is C16H32N4. The molecular weight excluding hydrogens is 248 g/mol. The number of hydrogen-bond donors (Lipinski definition) is 2. The van der Waals surface area contributed by atoms with Crippen molar-refractivity contribution in [2.75, 3.05) is 33.2 Å². The second kappa shape index (κ2) is 10.7. The quantitative estimate of drug-likeness (QED) is 0.295. The van der Waals surface area contributed by atoms with E-state index in [4.69, 9.17) is 0 Å². The van der Waals surface area contributed by atoms with Crippen molar-refractivity contribution in [3.63, 3.8) is 0 Å². The van der Waals surface area contributed by atoms with Gasteiger partial charge in [0.25, 0.3) is 0 Å². The number of nitrogens with one attached hydrogen (secondary N) is 2. The number of hydrogen-bond acceptors (Lipinski definition) is 2. The lowest BCUT2D eigenvalue weighted by Gasteiger charge is -2.21. The van der Waals surface area contributed by atoms with E-state index in [0.717, 1.165) is 25.3 Å². The predicted octanol–water partition coefficient (Wildman–Crippen LogP) is 2.38. The first-order valence-electron chi connectivity index (χ1n) is 8.14. The molecule has 0 atom stereocenters. The minimum atomic E-state index is 0.526. The lowest BCUT2D eigenvalue weighted by atomic mass is 10.2. The standard InChI is InChI=1S/C16H32N4/c1-4-12-20(13-5-2)14-8-11-18-16(17-3)19-15-9-6-7-10-15/h6-7,15H,4-5,8-14H2,1-3H3,(H2,17,18,19). The molecule has 0 aliphatic heterocycles. The van der Waals surface area contributed by atoms with Gasteiger partial charge in [0.05, 0.1) is 0 Å². The molecule has 20 heavy (non-hydrogen) atoms. The highest BCUT2D eigenvalue weighted by molar-refractivity contribution is 5.80. The molecule has 0 spiro atoms. The predicted molar refractivity (Wildman–Crippen MR) is 88.3 cm³/mol. The van der Waals surface area contributed by atoms with Crippen molar-refractivity contribution in [2.45, 2.75) is 52.0 Å². The molecule has 0 heterocycles. The Kier molecular flexibility index (Phi) is 9.13. The van der Waals surface area contributed by atoms with E-state index in [1.807, 2.05) is 7.05 Å². The fraction of sp³-hybridized carbons (Fsp3) is 0.812. The van der Waals surface area contributed by atoms with Crippen molar-refractivity contribution >= 4 is 5.96 Å². The molecule has 116 valence electrons. The summed E-state index contributed by atoms with van der Waals surface area (Å²) in [5, 5.41) is 6.89. The minimum absolute atomic E-state index is 0.526. The van der Waals surface area contributed by atoms with Gasteiger partial charge in [0, 0.05) is 19.6 Å². The Hall–Kier alpha value is -1.03. The van der Waals surface area contributed by atoms with Crippen LogP contribution in [0, 0.1) is 0 Å². The third kappa shape index (κ3) is 6.94. The molecule has 1 rings (SSSR count). The maximum absolute atomic E-state index is 4.29. The van der Waals surface area contributed by atoms with Crippen LogP contribution in [0.1, 0.15) is 46.0 Å². The largest absolute Gasteiger partial charge is 0.356 e. The molecule has 0 bridgehead atoms. The SMILES string of the molecule is CCCN(CCC)CCCNC(=NC)NC1CC=CC1. The summed E-state index contributed by atoms with van der Waals surface area (Å²) in [5.74, 6) is 0.941. The zero-order chi connectivity index (χ0) is 14.6. The summed E-state index contributed by atoms with van der Waals surface area (Å²) in [4.78, 5) is 6.85. The van der Waals surface area contributed by atoms with Gasteiger partial charge in [0.2, 0.25) is 0 Å². The summed E-state index contributed by atoms with van der Waals surface area (Å²) in [5.41, 5.74) is 0. The summed E-state index contributed by atoms with van der Waals surface area (Å²) < 4.78 is 0. The zero-order valence-corrected chi connectivity index (χ0v) is 13.5. The smallest absolute Gasteiger partial charge is 0.191 e. The van der Waals surface area contributed by atoms with Crippen LogP contribution in [0.5, 0.6) is 0 Å². The summed E-state index contributed by atoms with van der Waals surface area (Å²) >= 11 is 0. The van der Waals surface area contributed by atoms with E-state index < -0.39 is 0 Å². The third-order valence-corrected chi connectivity index (χ3v) is 3.60. The van der Waals surface area contributed by atoms with Crippen LogP contribution in [0.3, 0.4) is 0 Å². The van der Waals surface area contributed by atoms with E-state index in [1.54, 1.807) is 0 Å². The first-order valence-corrected chi connectivity index (χ1v) is 8.14. The monoisotopic (exact) mass is 280 g/mol. The Bertz CT molecular complexity index is 285. The second-order valence-electron chi connectivity index (χ2n) is 5.48. The fourth-order valence-corrected chi connectivity index (χ4v) is 2.60. The van der Waals surface area contributed by atoms with Crippen molar-refractivity contribution < 1.29 is 0 Å². The van der Waals surface area contributed by atoms with Crippen LogP contribution in [0.15, 0.2) is 17.1 Å². The summed E-state index contributed by atoms with van der Waals surface area (Å²) in [6.07, 6.45) is 10.3. The molecule has 0 saturated carbocycles. The van der Waals surface area contributed by atoms with E-state index in [0.29, 0.717) is 6.04 Å². The third-order valence-electron chi connectivity index (χ3n) is 3.60. The number of nitrogens with zero attached hydrogens (tertiary/aromatic N) is 2. The Balaban J connectivity index is 2.14. The number of aliphatic imine (C=N–C) groups is 1. The Morgan fingerprint density at radius 1 is 1.15 bits per heavy atom. The molecule has 0 aromatic heterocycles. The molecule has 0 amide bonds. The molecule has 4 nitrogen and oxygen atoms in total. The average molecular weight is 280 g/mol. The maximum Gasteiger partial charge on any atom is 0.191 e. The van der Waals surface area contributed by atoms with Crippen molar-refractivity contribution in [1.82, 2.24) is 15.5 Å². The van der Waals surface area contributed by atoms with Gasteiger partial charge < -0.3 is 15.5 Å². The molecule has 0 fully saturated rings. The van der Waals surface area contributed by atoms with Gasteiger partial charge in [-0.05, 0) is 51.7 Å². The van der Waals surface area contributed by atoms with E-state index in [9.17, 15) is 0 Å². The van der Waals surface area contributed by atoms with E-state index in [-0.39, 0.29) is 0 Å². The molecule has 1 aliphatic carbocycles. The molecule has 0 saturated heterocycles. The van der Waals surface area contributed by atoms with Gasteiger partial charge >= 0.3 is 0 Å². The zero-order valence-electron chi connectivity index (χ0n) is 13.5. The molecule has 0 radical (unpaired) electrons. The van der Waals surface area contributed by atoms with Crippen LogP contribution in [-0.2, 0) is 0 Å². The average Bonchev–Trinajstić information content (AvgIpc) is 2.95. The van der Waals surface area contributed by atoms with Gasteiger partial charge in [-0.1, -0.05) is 26.0 Å². The minimum Gasteiger partial charge on any atom is -0.356 e. The van der Waals surface area contributed by atoms with Crippen molar-refractivity contribution in [3.05, 3.63) is 12.2 Å². The van der Waals surface area contributed by atoms with Gasteiger partial charge in [-0.2, -0.15) is 0 Å². The fourth-order valence-electron chi connectivity index (χ4n) is 2.60. The summed E-state index contributed by atoms with van der Waals surface area (Å²) in [6.45, 7) is 9.11. The van der Waals surface area contributed by atoms with E-state index in [1.165, 1.54) is 38.9 Å². The lowest BCUT2D eigenvalue weighted by molar-refractivity contribution is 0.271. The molecule has 4 heteroatoms. The first-order chi connectivity index (χ1) is 9.80. The number of guanidine groups is 1. The van der Waals surface area contributed by atoms with Crippen LogP contribution < -0.4 is 10.6 Å². The molecule has 2 N–H and O–H groups in total. The van der Waals surface area contributed by atoms with E-state index in [2.05, 4.69) is 46.5 Å². The van der Waals surface area contributed by atoms with Crippen LogP contribution in [0.25, 0.3) is 0 Å². The van der Waals surface area contributed by atoms with Gasteiger partial charge in [0.1, 0.15) is 0 Å². The van der Waals surface area contributed by atoms with Crippen molar-refractivity contribution in [3.8, 4) is 0 Å². The number of rotatable bonds is 9. The van der Waals surface area contributed by atoms with Gasteiger partial charge in [-0.25, -0.2) is 0 Å². The van der Waals surface area contributed by atoms with Crippen LogP contribution in [0.2, 0.25) is 0 Å². The molecule has 1 aliphatic rings. The molecule has 0 aromatic rings. The Morgan fingerprint density at radius 3 is 2.35 bits per heavy atom. The highest BCUT2D eigenvalue weighted by Crippen LogP contribution is 2.08. The molecule has 0 unspecified atom stereocenters. The normalized spacial score (nSPS) is 16.1. The van der Waals surface area contributed by atoms with Crippen molar-refractivity contribution in [2.24, 2.45) is 4.99 Å². The van der Waals surface area contributed by atoms with Gasteiger partial charge in [-0.3, -0.25) is 4.99 Å². The topological polar surface area (TPSA) is 39.7 Å². The van der Waals surface area contributed by atoms with Crippen LogP contribution in [-0.4, -0.2) is 50.1 Å². The van der Waals surface area contributed by atoms with Gasteiger partial charge in [0.15, 0.2) is 5.96 Å². The second-order valence-corrected chi connectivity index (χ2v) is 5.48. The van der Waals surface area contributed by atoms with Gasteiger partial charge in [-0.15, -0.1) is 0 Å². The Morgan fingerprint density at radius 2 is 1.80 bits per heavy atom.